The van der Waals surface area contributed by atoms with Crippen LogP contribution in [0.1, 0.15) is 15.9 Å². The molecule has 1 saturated heterocycles. The monoisotopic (exact) mass is 497 g/mol. The topological polar surface area (TPSA) is 122 Å². The normalized spacial score (nSPS) is 15.2. The highest BCUT2D eigenvalue weighted by Crippen LogP contribution is 2.21. The van der Waals surface area contributed by atoms with Gasteiger partial charge in [0.2, 0.25) is 20.0 Å². The van der Waals surface area contributed by atoms with Crippen molar-refractivity contribution in [1.82, 2.24) is 9.03 Å². The lowest BCUT2D eigenvalue weighted by Gasteiger charge is -2.26. The molecule has 178 valence electrons. The van der Waals surface area contributed by atoms with Crippen molar-refractivity contribution in [2.24, 2.45) is 0 Å². The molecule has 3 rings (SSSR count). The van der Waals surface area contributed by atoms with Gasteiger partial charge in [0.1, 0.15) is 5.82 Å². The summed E-state index contributed by atoms with van der Waals surface area (Å²) < 4.78 is 72.6. The van der Waals surface area contributed by atoms with Crippen LogP contribution < -0.4 is 10.0 Å². The number of hydrogen-bond acceptors (Lipinski definition) is 6. The zero-order chi connectivity index (χ0) is 24.1. The van der Waals surface area contributed by atoms with Gasteiger partial charge in [0.15, 0.2) is 0 Å². The maximum Gasteiger partial charge on any atom is 0.258 e. The van der Waals surface area contributed by atoms with Gasteiger partial charge in [-0.3, -0.25) is 4.79 Å². The zero-order valence-corrected chi connectivity index (χ0v) is 19.3. The zero-order valence-electron chi connectivity index (χ0n) is 17.7. The molecular formula is C21H24FN3O6S2. The van der Waals surface area contributed by atoms with Crippen molar-refractivity contribution in [2.75, 3.05) is 38.2 Å². The summed E-state index contributed by atoms with van der Waals surface area (Å²) in [5, 5.41) is 2.50. The third-order valence-corrected chi connectivity index (χ3v) is 8.02. The first-order valence-electron chi connectivity index (χ1n) is 9.98. The lowest BCUT2D eigenvalue weighted by atomic mass is 10.2. The average molecular weight is 498 g/mol. The van der Waals surface area contributed by atoms with Gasteiger partial charge in [0, 0.05) is 25.3 Å². The van der Waals surface area contributed by atoms with Crippen LogP contribution in [-0.2, 0) is 30.5 Å². The quantitative estimate of drug-likeness (QED) is 0.509. The number of rotatable bonds is 9. The van der Waals surface area contributed by atoms with Gasteiger partial charge in [-0.1, -0.05) is 18.2 Å². The Bertz CT molecular complexity index is 1230. The van der Waals surface area contributed by atoms with Crippen LogP contribution in [0.15, 0.2) is 60.0 Å². The van der Waals surface area contributed by atoms with Crippen LogP contribution in [0.5, 0.6) is 0 Å². The van der Waals surface area contributed by atoms with Crippen LogP contribution in [0.4, 0.5) is 10.1 Å². The van der Waals surface area contributed by atoms with E-state index < -0.39 is 37.3 Å². The van der Waals surface area contributed by atoms with Crippen molar-refractivity contribution in [3.8, 4) is 0 Å². The molecule has 2 aromatic carbocycles. The fourth-order valence-corrected chi connectivity index (χ4v) is 5.65. The highest BCUT2D eigenvalue weighted by Gasteiger charge is 2.28. The SMILES string of the molecule is C=CCNS(=O)(=O)Cc1ccc(NC(=O)c2cc(S(=O)(=O)N3CCOCC3)ccc2F)cc1. The van der Waals surface area contributed by atoms with Gasteiger partial charge < -0.3 is 10.1 Å². The van der Waals surface area contributed by atoms with Gasteiger partial charge in [-0.15, -0.1) is 6.58 Å². The Labute approximate surface area is 192 Å². The number of anilines is 1. The summed E-state index contributed by atoms with van der Waals surface area (Å²) in [6.07, 6.45) is 1.43. The maximum atomic E-state index is 14.3. The van der Waals surface area contributed by atoms with E-state index in [0.717, 1.165) is 18.2 Å². The molecule has 0 atom stereocenters. The molecule has 0 radical (unpaired) electrons. The van der Waals surface area contributed by atoms with Crippen molar-refractivity contribution in [1.29, 1.82) is 0 Å². The molecule has 0 aromatic heterocycles. The first-order chi connectivity index (χ1) is 15.6. The summed E-state index contributed by atoms with van der Waals surface area (Å²) in [7, 11) is -7.44. The van der Waals surface area contributed by atoms with E-state index in [1.165, 1.54) is 34.6 Å². The largest absolute Gasteiger partial charge is 0.379 e. The minimum absolute atomic E-state index is 0.113. The molecule has 0 spiro atoms. The van der Waals surface area contributed by atoms with Gasteiger partial charge in [-0.05, 0) is 35.9 Å². The molecule has 33 heavy (non-hydrogen) atoms. The summed E-state index contributed by atoms with van der Waals surface area (Å²) in [6.45, 7) is 4.43. The molecule has 1 heterocycles. The molecule has 0 bridgehead atoms. The van der Waals surface area contributed by atoms with E-state index in [1.54, 1.807) is 0 Å². The van der Waals surface area contributed by atoms with Gasteiger partial charge in [-0.25, -0.2) is 25.9 Å². The Morgan fingerprint density at radius 1 is 1.09 bits per heavy atom. The van der Waals surface area contributed by atoms with Crippen molar-refractivity contribution in [2.45, 2.75) is 10.6 Å². The third-order valence-electron chi connectivity index (χ3n) is 4.81. The lowest BCUT2D eigenvalue weighted by Crippen LogP contribution is -2.40. The van der Waals surface area contributed by atoms with Crippen LogP contribution in [0.3, 0.4) is 0 Å². The summed E-state index contributed by atoms with van der Waals surface area (Å²) in [5.41, 5.74) is 0.347. The standard InChI is InChI=1S/C21H24FN3O6S2/c1-2-9-23-32(27,28)15-16-3-5-17(6-4-16)24-21(26)19-14-18(7-8-20(19)22)33(29,30)25-10-12-31-13-11-25/h2-8,14,23H,1,9-13,15H2,(H,24,26). The average Bonchev–Trinajstić information content (AvgIpc) is 2.79. The number of hydrogen-bond donors (Lipinski definition) is 2. The molecular weight excluding hydrogens is 473 g/mol. The Hall–Kier alpha value is -2.64. The second-order valence-electron chi connectivity index (χ2n) is 7.21. The van der Waals surface area contributed by atoms with Crippen LogP contribution in [0.25, 0.3) is 0 Å². The predicted octanol–water partition coefficient (Wildman–Crippen LogP) is 1.70. The summed E-state index contributed by atoms with van der Waals surface area (Å²) >= 11 is 0. The number of ether oxygens (including phenoxy) is 1. The number of sulfonamides is 2. The smallest absolute Gasteiger partial charge is 0.258 e. The van der Waals surface area contributed by atoms with E-state index in [4.69, 9.17) is 4.74 Å². The number of nitrogens with zero attached hydrogens (tertiary/aromatic N) is 1. The minimum atomic E-state index is -3.90. The number of carbonyl (C=O) groups excluding carboxylic acids is 1. The highest BCUT2D eigenvalue weighted by atomic mass is 32.2. The Kier molecular flexibility index (Phi) is 7.97. The van der Waals surface area contributed by atoms with Gasteiger partial charge >= 0.3 is 0 Å². The molecule has 0 saturated carbocycles. The Balaban J connectivity index is 1.74. The van der Waals surface area contributed by atoms with Crippen LogP contribution in [-0.4, -0.2) is 59.9 Å². The molecule has 2 N–H and O–H groups in total. The summed E-state index contributed by atoms with van der Waals surface area (Å²) in [4.78, 5) is 12.4. The van der Waals surface area contributed by atoms with E-state index in [0.29, 0.717) is 11.3 Å². The minimum Gasteiger partial charge on any atom is -0.379 e. The van der Waals surface area contributed by atoms with Gasteiger partial charge in [-0.2, -0.15) is 4.31 Å². The molecule has 1 aliphatic rings. The van der Waals surface area contributed by atoms with Crippen LogP contribution >= 0.6 is 0 Å². The van der Waals surface area contributed by atoms with E-state index in [-0.39, 0.29) is 43.5 Å². The van der Waals surface area contributed by atoms with E-state index in [2.05, 4.69) is 16.6 Å². The molecule has 12 heteroatoms. The van der Waals surface area contributed by atoms with Crippen molar-refractivity contribution >= 4 is 31.6 Å². The molecule has 1 aliphatic heterocycles. The maximum absolute atomic E-state index is 14.3. The van der Waals surface area contributed by atoms with E-state index in [9.17, 15) is 26.0 Å². The van der Waals surface area contributed by atoms with Gasteiger partial charge in [0.05, 0.1) is 29.4 Å². The first kappa shape index (κ1) is 25.0. The van der Waals surface area contributed by atoms with Crippen molar-refractivity contribution in [3.05, 3.63) is 72.1 Å². The lowest BCUT2D eigenvalue weighted by molar-refractivity contribution is 0.0730. The molecule has 1 amide bonds. The summed E-state index contributed by atoms with van der Waals surface area (Å²) in [5.74, 6) is -1.96. The fourth-order valence-electron chi connectivity index (χ4n) is 3.11. The fraction of sp³-hybridized carbons (Fsp3) is 0.286. The van der Waals surface area contributed by atoms with Crippen LogP contribution in [0, 0.1) is 5.82 Å². The molecule has 9 nitrogen and oxygen atoms in total. The predicted molar refractivity (Wildman–Crippen MR) is 121 cm³/mol. The third kappa shape index (κ3) is 6.45. The molecule has 0 unspecified atom stereocenters. The van der Waals surface area contributed by atoms with Crippen molar-refractivity contribution < 1.29 is 30.8 Å². The Morgan fingerprint density at radius 2 is 1.76 bits per heavy atom. The highest BCUT2D eigenvalue weighted by molar-refractivity contribution is 7.89. The van der Waals surface area contributed by atoms with Gasteiger partial charge in [0.25, 0.3) is 5.91 Å². The summed E-state index contributed by atoms with van der Waals surface area (Å²) in [6, 6.07) is 9.03. The number of benzene rings is 2. The number of amides is 1. The van der Waals surface area contributed by atoms with E-state index in [1.807, 2.05) is 0 Å². The van der Waals surface area contributed by atoms with Crippen LogP contribution in [0.2, 0.25) is 0 Å². The Morgan fingerprint density at radius 3 is 2.39 bits per heavy atom. The number of carbonyl (C=O) groups is 1. The number of nitrogens with one attached hydrogen (secondary N) is 2. The number of morpholine rings is 1. The second-order valence-corrected chi connectivity index (χ2v) is 11.0. The van der Waals surface area contributed by atoms with Crippen molar-refractivity contribution in [3.63, 3.8) is 0 Å². The molecule has 0 aliphatic carbocycles. The molecule has 1 fully saturated rings. The van der Waals surface area contributed by atoms with E-state index >= 15 is 0 Å². The first-order valence-corrected chi connectivity index (χ1v) is 13.1. The number of halogens is 1. The molecule has 2 aromatic rings. The second kappa shape index (κ2) is 10.5.